The second-order valence-electron chi connectivity index (χ2n) is 7.27. The van der Waals surface area contributed by atoms with Gasteiger partial charge < -0.3 is 24.7 Å². The van der Waals surface area contributed by atoms with Gasteiger partial charge in [0, 0.05) is 22.9 Å². The summed E-state index contributed by atoms with van der Waals surface area (Å²) >= 11 is 1.40. The first kappa shape index (κ1) is 23.7. The van der Waals surface area contributed by atoms with E-state index in [4.69, 9.17) is 19.4 Å². The zero-order valence-electron chi connectivity index (χ0n) is 19.0. The van der Waals surface area contributed by atoms with Crippen molar-refractivity contribution in [3.8, 4) is 27.8 Å². The van der Waals surface area contributed by atoms with Gasteiger partial charge >= 0.3 is 5.97 Å². The Balaban J connectivity index is 1.45. The first-order valence-electron chi connectivity index (χ1n) is 10.5. The molecule has 0 saturated heterocycles. The average Bonchev–Trinajstić information content (AvgIpc) is 3.33. The largest absolute Gasteiger partial charge is 0.497 e. The van der Waals surface area contributed by atoms with Crippen molar-refractivity contribution in [1.82, 2.24) is 10.2 Å². The highest BCUT2D eigenvalue weighted by Crippen LogP contribution is 2.32. The highest BCUT2D eigenvalue weighted by atomic mass is 32.1. The summed E-state index contributed by atoms with van der Waals surface area (Å²) in [5.74, 6) is 0.986. The zero-order chi connectivity index (χ0) is 24.6. The molecule has 0 unspecified atom stereocenters. The molecule has 0 aliphatic carbocycles. The number of anilines is 2. The van der Waals surface area contributed by atoms with E-state index in [9.17, 15) is 4.79 Å². The summed E-state index contributed by atoms with van der Waals surface area (Å²) in [5.41, 5.74) is 3.00. The molecule has 35 heavy (non-hydrogen) atoms. The maximum absolute atomic E-state index is 10.6. The van der Waals surface area contributed by atoms with Crippen LogP contribution >= 0.6 is 11.3 Å². The summed E-state index contributed by atoms with van der Waals surface area (Å²) in [4.78, 5) is 15.4. The second kappa shape index (κ2) is 11.1. The Bertz CT molecular complexity index is 1350. The Kier molecular flexibility index (Phi) is 7.53. The normalized spacial score (nSPS) is 11.1. The minimum atomic E-state index is -1.08. The van der Waals surface area contributed by atoms with E-state index in [1.807, 2.05) is 72.8 Å². The highest BCUT2D eigenvalue weighted by molar-refractivity contribution is 7.18. The van der Waals surface area contributed by atoms with Crippen LogP contribution in [0.4, 0.5) is 10.8 Å². The Morgan fingerprint density at radius 3 is 2.54 bits per heavy atom. The number of aromatic nitrogens is 2. The van der Waals surface area contributed by atoms with Gasteiger partial charge in [0.15, 0.2) is 0 Å². The average molecular weight is 491 g/mol. The van der Waals surface area contributed by atoms with Crippen LogP contribution in [0.15, 0.2) is 78.0 Å². The van der Waals surface area contributed by atoms with Crippen LogP contribution in [0.1, 0.15) is 12.5 Å². The lowest BCUT2D eigenvalue weighted by Crippen LogP contribution is -2.05. The molecule has 0 radical (unpaired) electrons. The van der Waals surface area contributed by atoms with Gasteiger partial charge in [0.05, 0.1) is 12.8 Å². The molecule has 0 amide bonds. The van der Waals surface area contributed by atoms with Crippen molar-refractivity contribution in [1.29, 1.82) is 0 Å². The topological polar surface area (TPSA) is 115 Å². The van der Waals surface area contributed by atoms with Crippen molar-refractivity contribution in [2.24, 2.45) is 5.16 Å². The minimum absolute atomic E-state index is 0.491. The molecule has 4 aromatic rings. The van der Waals surface area contributed by atoms with Gasteiger partial charge in [0.1, 0.15) is 22.3 Å². The number of methoxy groups -OCH3 is 1. The van der Waals surface area contributed by atoms with Gasteiger partial charge in [-0.25, -0.2) is 4.79 Å². The molecule has 1 aromatic heterocycles. The molecule has 0 bridgehead atoms. The van der Waals surface area contributed by atoms with E-state index >= 15 is 0 Å². The monoisotopic (exact) mass is 490 g/mol. The Morgan fingerprint density at radius 2 is 1.74 bits per heavy atom. The molecule has 9 nitrogen and oxygen atoms in total. The van der Waals surface area contributed by atoms with Crippen molar-refractivity contribution < 1.29 is 24.2 Å². The van der Waals surface area contributed by atoms with Crippen LogP contribution < -0.4 is 14.8 Å². The van der Waals surface area contributed by atoms with Crippen LogP contribution in [0.3, 0.4) is 0 Å². The van der Waals surface area contributed by atoms with E-state index in [1.54, 1.807) is 14.0 Å². The van der Waals surface area contributed by atoms with Gasteiger partial charge in [0.25, 0.3) is 0 Å². The van der Waals surface area contributed by atoms with E-state index in [-0.39, 0.29) is 0 Å². The Hall–Kier alpha value is -4.44. The number of hydrogen-bond acceptors (Lipinski definition) is 9. The molecule has 3 aromatic carbocycles. The smallest absolute Gasteiger partial charge is 0.344 e. The van der Waals surface area contributed by atoms with E-state index < -0.39 is 12.6 Å². The quantitative estimate of drug-likeness (QED) is 0.219. The molecular weight excluding hydrogens is 468 g/mol. The summed E-state index contributed by atoms with van der Waals surface area (Å²) in [6.45, 7) is 1.25. The van der Waals surface area contributed by atoms with Crippen LogP contribution in [-0.2, 0) is 9.63 Å². The number of benzene rings is 3. The number of nitrogens with one attached hydrogen (secondary N) is 1. The van der Waals surface area contributed by atoms with Crippen LogP contribution in [-0.4, -0.2) is 40.7 Å². The first-order chi connectivity index (χ1) is 17.0. The molecule has 0 fully saturated rings. The van der Waals surface area contributed by atoms with E-state index in [0.29, 0.717) is 22.3 Å². The van der Waals surface area contributed by atoms with Crippen molar-refractivity contribution in [3.05, 3.63) is 78.4 Å². The molecule has 10 heteroatoms. The number of hydrogen-bond donors (Lipinski definition) is 2. The third-order valence-electron chi connectivity index (χ3n) is 4.70. The van der Waals surface area contributed by atoms with Crippen LogP contribution in [0.2, 0.25) is 0 Å². The number of ether oxygens (including phenoxy) is 2. The fourth-order valence-electron chi connectivity index (χ4n) is 3.07. The summed E-state index contributed by atoms with van der Waals surface area (Å²) in [6.07, 6.45) is 0. The number of oxime groups is 1. The standard InChI is InChI=1S/C25H22N4O5S/c1-16(29-33-15-23(30)31)17-6-3-8-19(12-17)26-25-28-27-24(35-25)18-7-4-10-21(13-18)34-22-11-5-9-20(14-22)32-2/h3-14H,15H2,1-2H3,(H,26,28)(H,30,31)/b29-16-. The molecule has 0 aliphatic heterocycles. The van der Waals surface area contributed by atoms with Gasteiger partial charge in [-0.2, -0.15) is 0 Å². The van der Waals surface area contributed by atoms with Crippen molar-refractivity contribution in [2.45, 2.75) is 6.92 Å². The minimum Gasteiger partial charge on any atom is -0.497 e. The van der Waals surface area contributed by atoms with Gasteiger partial charge in [-0.15, -0.1) is 10.2 Å². The number of aliphatic carboxylic acids is 1. The zero-order valence-corrected chi connectivity index (χ0v) is 19.8. The fourth-order valence-corrected chi connectivity index (χ4v) is 3.83. The number of carbonyl (C=O) groups is 1. The Labute approximate surface area is 205 Å². The predicted octanol–water partition coefficient (Wildman–Crippen LogP) is 5.57. The van der Waals surface area contributed by atoms with E-state index in [1.165, 1.54) is 11.3 Å². The molecule has 4 rings (SSSR count). The van der Waals surface area contributed by atoms with Gasteiger partial charge in [-0.3, -0.25) is 0 Å². The molecule has 178 valence electrons. The van der Waals surface area contributed by atoms with Gasteiger partial charge in [0.2, 0.25) is 11.7 Å². The van der Waals surface area contributed by atoms with E-state index in [0.717, 1.165) is 27.6 Å². The van der Waals surface area contributed by atoms with Crippen molar-refractivity contribution in [3.63, 3.8) is 0 Å². The van der Waals surface area contributed by atoms with E-state index in [2.05, 4.69) is 20.7 Å². The predicted molar refractivity (Wildman–Crippen MR) is 134 cm³/mol. The van der Waals surface area contributed by atoms with Crippen molar-refractivity contribution in [2.75, 3.05) is 19.0 Å². The third-order valence-corrected chi connectivity index (χ3v) is 5.59. The lowest BCUT2D eigenvalue weighted by molar-refractivity contribution is -0.142. The maximum Gasteiger partial charge on any atom is 0.344 e. The number of nitrogens with zero attached hydrogens (tertiary/aromatic N) is 3. The molecule has 0 atom stereocenters. The van der Waals surface area contributed by atoms with Crippen LogP contribution in [0.25, 0.3) is 10.6 Å². The van der Waals surface area contributed by atoms with Crippen LogP contribution in [0, 0.1) is 0 Å². The first-order valence-corrected chi connectivity index (χ1v) is 11.3. The number of carboxylic acid groups (broad SMARTS) is 1. The van der Waals surface area contributed by atoms with Gasteiger partial charge in [-0.05, 0) is 43.3 Å². The number of rotatable bonds is 10. The van der Waals surface area contributed by atoms with Crippen LogP contribution in [0.5, 0.6) is 17.2 Å². The summed E-state index contributed by atoms with van der Waals surface area (Å²) < 4.78 is 11.2. The molecular formula is C25H22N4O5S. The molecule has 0 spiro atoms. The second-order valence-corrected chi connectivity index (χ2v) is 8.25. The molecule has 1 heterocycles. The summed E-state index contributed by atoms with van der Waals surface area (Å²) in [5, 5.41) is 25.6. The lowest BCUT2D eigenvalue weighted by atomic mass is 10.1. The summed E-state index contributed by atoms with van der Waals surface area (Å²) in [6, 6.07) is 22.5. The lowest BCUT2D eigenvalue weighted by Gasteiger charge is -2.08. The molecule has 2 N–H and O–H groups in total. The SMILES string of the molecule is COc1cccc(Oc2cccc(-c3nnc(Nc4cccc(/C(C)=N\OCC(=O)O)c4)s3)c2)c1. The maximum atomic E-state index is 10.6. The Morgan fingerprint density at radius 1 is 1.00 bits per heavy atom. The number of carboxylic acids is 1. The summed E-state index contributed by atoms with van der Waals surface area (Å²) in [7, 11) is 1.61. The van der Waals surface area contributed by atoms with Gasteiger partial charge in [-0.1, -0.05) is 46.8 Å². The fraction of sp³-hybridized carbons (Fsp3) is 0.120. The van der Waals surface area contributed by atoms with Crippen molar-refractivity contribution >= 4 is 33.8 Å². The molecule has 0 aliphatic rings. The highest BCUT2D eigenvalue weighted by Gasteiger charge is 2.10. The molecule has 0 saturated carbocycles. The third kappa shape index (κ3) is 6.55.